The number of amides is 1. The number of hydrogen-bond acceptors (Lipinski definition) is 2. The molecule has 19 heavy (non-hydrogen) atoms. The molecular formula is C16H32N2O. The molecule has 1 amide bonds. The minimum absolute atomic E-state index is 0.238. The van der Waals surface area contributed by atoms with Gasteiger partial charge in [0.25, 0.3) is 0 Å². The highest BCUT2D eigenvalue weighted by Crippen LogP contribution is 2.24. The van der Waals surface area contributed by atoms with Crippen LogP contribution in [0.4, 0.5) is 0 Å². The van der Waals surface area contributed by atoms with Crippen molar-refractivity contribution in [3.05, 3.63) is 0 Å². The van der Waals surface area contributed by atoms with E-state index in [-0.39, 0.29) is 5.91 Å². The Kier molecular flexibility index (Phi) is 7.44. The number of carbonyl (C=O) groups is 1. The SMILES string of the molecule is CC1CCC(NC(=O)CCC(CCN)C(C)C)CC1. The molecule has 3 nitrogen and oxygen atoms in total. The summed E-state index contributed by atoms with van der Waals surface area (Å²) in [4.78, 5) is 12.0. The van der Waals surface area contributed by atoms with Crippen molar-refractivity contribution in [2.24, 2.45) is 23.5 Å². The summed E-state index contributed by atoms with van der Waals surface area (Å²) in [5.74, 6) is 2.28. The molecule has 0 aromatic carbocycles. The molecule has 0 saturated heterocycles. The number of hydrogen-bond donors (Lipinski definition) is 2. The van der Waals surface area contributed by atoms with Gasteiger partial charge in [-0.3, -0.25) is 4.79 Å². The van der Waals surface area contributed by atoms with Gasteiger partial charge in [0.05, 0.1) is 0 Å². The van der Waals surface area contributed by atoms with E-state index in [0.29, 0.717) is 24.3 Å². The second-order valence-electron chi connectivity index (χ2n) is 6.64. The van der Waals surface area contributed by atoms with Gasteiger partial charge in [-0.25, -0.2) is 0 Å². The van der Waals surface area contributed by atoms with Crippen molar-refractivity contribution in [3.8, 4) is 0 Å². The maximum atomic E-state index is 12.0. The zero-order valence-electron chi connectivity index (χ0n) is 13.0. The van der Waals surface area contributed by atoms with Crippen molar-refractivity contribution in [1.29, 1.82) is 0 Å². The lowest BCUT2D eigenvalue weighted by molar-refractivity contribution is -0.122. The highest BCUT2D eigenvalue weighted by atomic mass is 16.1. The summed E-state index contributed by atoms with van der Waals surface area (Å²) in [5, 5.41) is 3.21. The summed E-state index contributed by atoms with van der Waals surface area (Å²) in [6.07, 6.45) is 7.50. The van der Waals surface area contributed by atoms with Crippen molar-refractivity contribution < 1.29 is 4.79 Å². The molecule has 0 heterocycles. The molecule has 3 heteroatoms. The van der Waals surface area contributed by atoms with E-state index in [1.807, 2.05) is 0 Å². The third-order valence-corrected chi connectivity index (χ3v) is 4.60. The van der Waals surface area contributed by atoms with Gasteiger partial charge in [0.2, 0.25) is 5.91 Å². The van der Waals surface area contributed by atoms with Crippen LogP contribution < -0.4 is 11.1 Å². The Morgan fingerprint density at radius 3 is 2.37 bits per heavy atom. The molecule has 3 N–H and O–H groups in total. The highest BCUT2D eigenvalue weighted by molar-refractivity contribution is 5.76. The Labute approximate surface area is 118 Å². The third-order valence-electron chi connectivity index (χ3n) is 4.60. The summed E-state index contributed by atoms with van der Waals surface area (Å²) < 4.78 is 0. The van der Waals surface area contributed by atoms with E-state index in [4.69, 9.17) is 5.73 Å². The second kappa shape index (κ2) is 8.57. The minimum atomic E-state index is 0.238. The number of rotatable bonds is 7. The van der Waals surface area contributed by atoms with Crippen LogP contribution in [0.15, 0.2) is 0 Å². The van der Waals surface area contributed by atoms with E-state index in [2.05, 4.69) is 26.1 Å². The van der Waals surface area contributed by atoms with Gasteiger partial charge < -0.3 is 11.1 Å². The average Bonchev–Trinajstić information content (AvgIpc) is 2.37. The maximum absolute atomic E-state index is 12.0. The molecule has 1 fully saturated rings. The first-order chi connectivity index (χ1) is 9.02. The van der Waals surface area contributed by atoms with Gasteiger partial charge in [-0.2, -0.15) is 0 Å². The zero-order valence-corrected chi connectivity index (χ0v) is 13.0. The predicted molar refractivity (Wildman–Crippen MR) is 80.8 cm³/mol. The van der Waals surface area contributed by atoms with Crippen LogP contribution >= 0.6 is 0 Å². The van der Waals surface area contributed by atoms with Crippen LogP contribution in [0.2, 0.25) is 0 Å². The molecule has 1 saturated carbocycles. The van der Waals surface area contributed by atoms with Gasteiger partial charge in [0, 0.05) is 12.5 Å². The van der Waals surface area contributed by atoms with Crippen LogP contribution in [0.5, 0.6) is 0 Å². The first-order valence-electron chi connectivity index (χ1n) is 8.02. The van der Waals surface area contributed by atoms with Gasteiger partial charge >= 0.3 is 0 Å². The lowest BCUT2D eigenvalue weighted by Gasteiger charge is -2.27. The topological polar surface area (TPSA) is 55.1 Å². The molecule has 0 radical (unpaired) electrons. The fraction of sp³-hybridized carbons (Fsp3) is 0.938. The molecule has 0 aromatic rings. The maximum Gasteiger partial charge on any atom is 0.220 e. The number of nitrogens with one attached hydrogen (secondary N) is 1. The Morgan fingerprint density at radius 2 is 1.84 bits per heavy atom. The molecular weight excluding hydrogens is 236 g/mol. The standard InChI is InChI=1S/C16H32N2O/c1-12(2)14(10-11-17)6-9-16(19)18-15-7-4-13(3)5-8-15/h12-15H,4-11,17H2,1-3H3,(H,18,19). The molecule has 0 bridgehead atoms. The van der Waals surface area contributed by atoms with Crippen LogP contribution in [0.1, 0.15) is 65.7 Å². The van der Waals surface area contributed by atoms with E-state index >= 15 is 0 Å². The molecule has 1 rings (SSSR count). The van der Waals surface area contributed by atoms with Gasteiger partial charge in [-0.05, 0) is 62.8 Å². The average molecular weight is 268 g/mol. The van der Waals surface area contributed by atoms with Crippen LogP contribution in [0, 0.1) is 17.8 Å². The quantitative estimate of drug-likeness (QED) is 0.745. The second-order valence-corrected chi connectivity index (χ2v) is 6.64. The summed E-state index contributed by atoms with van der Waals surface area (Å²) in [7, 11) is 0. The molecule has 1 atom stereocenters. The van der Waals surface area contributed by atoms with Crippen molar-refractivity contribution >= 4 is 5.91 Å². The Bertz CT molecular complexity index is 257. The van der Waals surface area contributed by atoms with Crippen LogP contribution in [0.25, 0.3) is 0 Å². The summed E-state index contributed by atoms with van der Waals surface area (Å²) >= 11 is 0. The Balaban J connectivity index is 2.23. The van der Waals surface area contributed by atoms with Gasteiger partial charge in [-0.15, -0.1) is 0 Å². The number of carbonyl (C=O) groups excluding carboxylic acids is 1. The zero-order chi connectivity index (χ0) is 14.3. The monoisotopic (exact) mass is 268 g/mol. The normalized spacial score (nSPS) is 25.3. The van der Waals surface area contributed by atoms with Crippen molar-refractivity contribution in [1.82, 2.24) is 5.32 Å². The van der Waals surface area contributed by atoms with E-state index in [1.54, 1.807) is 0 Å². The van der Waals surface area contributed by atoms with Crippen LogP contribution in [-0.4, -0.2) is 18.5 Å². The van der Waals surface area contributed by atoms with Crippen molar-refractivity contribution in [2.45, 2.75) is 71.8 Å². The van der Waals surface area contributed by atoms with Gasteiger partial charge in [0.1, 0.15) is 0 Å². The lowest BCUT2D eigenvalue weighted by Crippen LogP contribution is -2.37. The molecule has 0 spiro atoms. The Hall–Kier alpha value is -0.570. The van der Waals surface area contributed by atoms with Crippen LogP contribution in [-0.2, 0) is 4.79 Å². The molecule has 112 valence electrons. The summed E-state index contributed by atoms with van der Waals surface area (Å²) in [5.41, 5.74) is 5.64. The van der Waals surface area contributed by atoms with Crippen molar-refractivity contribution in [2.75, 3.05) is 6.54 Å². The summed E-state index contributed by atoms with van der Waals surface area (Å²) in [6, 6.07) is 0.427. The van der Waals surface area contributed by atoms with E-state index < -0.39 is 0 Å². The number of nitrogens with two attached hydrogens (primary N) is 1. The lowest BCUT2D eigenvalue weighted by atomic mass is 9.86. The smallest absolute Gasteiger partial charge is 0.220 e. The minimum Gasteiger partial charge on any atom is -0.353 e. The highest BCUT2D eigenvalue weighted by Gasteiger charge is 2.20. The fourth-order valence-electron chi connectivity index (χ4n) is 3.05. The molecule has 1 aliphatic rings. The third kappa shape index (κ3) is 6.42. The van der Waals surface area contributed by atoms with Gasteiger partial charge in [-0.1, -0.05) is 20.8 Å². The van der Waals surface area contributed by atoms with Crippen molar-refractivity contribution in [3.63, 3.8) is 0 Å². The predicted octanol–water partition coefficient (Wildman–Crippen LogP) is 3.08. The van der Waals surface area contributed by atoms with E-state index in [0.717, 1.165) is 38.1 Å². The molecule has 1 aliphatic carbocycles. The first-order valence-corrected chi connectivity index (χ1v) is 8.02. The molecule has 0 aromatic heterocycles. The first kappa shape index (κ1) is 16.5. The van der Waals surface area contributed by atoms with E-state index in [9.17, 15) is 4.79 Å². The largest absolute Gasteiger partial charge is 0.353 e. The van der Waals surface area contributed by atoms with E-state index in [1.165, 1.54) is 12.8 Å². The fourth-order valence-corrected chi connectivity index (χ4v) is 3.05. The Morgan fingerprint density at radius 1 is 1.21 bits per heavy atom. The summed E-state index contributed by atoms with van der Waals surface area (Å²) in [6.45, 7) is 7.48. The molecule has 1 unspecified atom stereocenters. The van der Waals surface area contributed by atoms with Crippen LogP contribution in [0.3, 0.4) is 0 Å². The molecule has 0 aliphatic heterocycles. The van der Waals surface area contributed by atoms with Gasteiger partial charge in [0.15, 0.2) is 0 Å².